The standard InChI is InChI=1S/C11H11F2NO2/c1-11(16)5-14(6-11)10(15)7-3-2-4-8(12)9(7)13/h2-4,16H,5-6H2,1H3. The highest BCUT2D eigenvalue weighted by Gasteiger charge is 2.40. The number of rotatable bonds is 1. The molecule has 86 valence electrons. The highest BCUT2D eigenvalue weighted by molar-refractivity contribution is 5.95. The molecule has 0 aromatic heterocycles. The predicted octanol–water partition coefficient (Wildman–Crippen LogP) is 1.17. The van der Waals surface area contributed by atoms with Crippen LogP contribution >= 0.6 is 0 Å². The van der Waals surface area contributed by atoms with Crippen LogP contribution < -0.4 is 0 Å². The minimum atomic E-state index is -1.14. The zero-order chi connectivity index (χ0) is 11.9. The molecule has 0 saturated carbocycles. The summed E-state index contributed by atoms with van der Waals surface area (Å²) >= 11 is 0. The Kier molecular flexibility index (Phi) is 2.42. The number of hydrogen-bond donors (Lipinski definition) is 1. The molecule has 1 aliphatic rings. The molecular formula is C11H11F2NO2. The molecule has 1 aromatic carbocycles. The maximum absolute atomic E-state index is 13.3. The number of benzene rings is 1. The van der Waals surface area contributed by atoms with Gasteiger partial charge in [-0.15, -0.1) is 0 Å². The van der Waals surface area contributed by atoms with E-state index in [1.165, 1.54) is 17.0 Å². The van der Waals surface area contributed by atoms with Crippen LogP contribution in [0.25, 0.3) is 0 Å². The van der Waals surface area contributed by atoms with Crippen LogP contribution in [0, 0.1) is 11.6 Å². The number of nitrogens with zero attached hydrogens (tertiary/aromatic N) is 1. The summed E-state index contributed by atoms with van der Waals surface area (Å²) in [6, 6.07) is 3.47. The van der Waals surface area contributed by atoms with E-state index in [9.17, 15) is 18.7 Å². The summed E-state index contributed by atoms with van der Waals surface area (Å²) in [4.78, 5) is 13.0. The second-order valence-corrected chi connectivity index (χ2v) is 4.26. The molecule has 1 fully saturated rings. The molecule has 1 amide bonds. The zero-order valence-electron chi connectivity index (χ0n) is 8.70. The molecule has 1 saturated heterocycles. The van der Waals surface area contributed by atoms with Crippen LogP contribution in [0.3, 0.4) is 0 Å². The Morgan fingerprint density at radius 2 is 2.06 bits per heavy atom. The lowest BCUT2D eigenvalue weighted by atomic mass is 9.96. The molecule has 1 heterocycles. The largest absolute Gasteiger partial charge is 0.386 e. The van der Waals surface area contributed by atoms with Crippen molar-refractivity contribution in [3.63, 3.8) is 0 Å². The Morgan fingerprint density at radius 1 is 1.44 bits per heavy atom. The number of likely N-dealkylation sites (tertiary alicyclic amines) is 1. The van der Waals surface area contributed by atoms with Gasteiger partial charge in [0.25, 0.3) is 5.91 Å². The van der Waals surface area contributed by atoms with E-state index < -0.39 is 23.1 Å². The fourth-order valence-electron chi connectivity index (χ4n) is 1.76. The van der Waals surface area contributed by atoms with Gasteiger partial charge < -0.3 is 10.0 Å². The average molecular weight is 227 g/mol. The fraction of sp³-hybridized carbons (Fsp3) is 0.364. The van der Waals surface area contributed by atoms with E-state index in [1.807, 2.05) is 0 Å². The van der Waals surface area contributed by atoms with Gasteiger partial charge in [-0.05, 0) is 19.1 Å². The molecule has 0 bridgehead atoms. The van der Waals surface area contributed by atoms with Crippen molar-refractivity contribution in [2.24, 2.45) is 0 Å². The number of carbonyl (C=O) groups is 1. The Labute approximate surface area is 91.3 Å². The minimum absolute atomic E-state index is 0.141. The molecule has 0 unspecified atom stereocenters. The molecule has 0 aliphatic carbocycles. The van der Waals surface area contributed by atoms with Crippen molar-refractivity contribution < 1.29 is 18.7 Å². The third-order valence-corrected chi connectivity index (χ3v) is 2.53. The van der Waals surface area contributed by atoms with Crippen molar-refractivity contribution in [2.75, 3.05) is 13.1 Å². The van der Waals surface area contributed by atoms with Gasteiger partial charge in [0.1, 0.15) is 0 Å². The van der Waals surface area contributed by atoms with Crippen molar-refractivity contribution in [3.05, 3.63) is 35.4 Å². The van der Waals surface area contributed by atoms with Crippen molar-refractivity contribution in [2.45, 2.75) is 12.5 Å². The van der Waals surface area contributed by atoms with Gasteiger partial charge in [-0.25, -0.2) is 8.78 Å². The van der Waals surface area contributed by atoms with Crippen LogP contribution in [-0.2, 0) is 0 Å². The molecule has 5 heteroatoms. The maximum Gasteiger partial charge on any atom is 0.257 e. The topological polar surface area (TPSA) is 40.5 Å². The monoisotopic (exact) mass is 227 g/mol. The van der Waals surface area contributed by atoms with E-state index in [0.717, 1.165) is 6.07 Å². The lowest BCUT2D eigenvalue weighted by Crippen LogP contribution is -2.61. The Hall–Kier alpha value is -1.49. The molecule has 16 heavy (non-hydrogen) atoms. The van der Waals surface area contributed by atoms with Crippen LogP contribution in [0.15, 0.2) is 18.2 Å². The lowest BCUT2D eigenvalue weighted by molar-refractivity contribution is -0.0670. The SMILES string of the molecule is CC1(O)CN(C(=O)c2cccc(F)c2F)C1. The molecule has 1 aliphatic heterocycles. The van der Waals surface area contributed by atoms with Crippen LogP contribution in [0.5, 0.6) is 0 Å². The summed E-state index contributed by atoms with van der Waals surface area (Å²) in [5, 5.41) is 9.44. The summed E-state index contributed by atoms with van der Waals surface area (Å²) in [6.45, 7) is 1.86. The van der Waals surface area contributed by atoms with Crippen molar-refractivity contribution in [1.82, 2.24) is 4.90 Å². The van der Waals surface area contributed by atoms with Crippen molar-refractivity contribution in [3.8, 4) is 0 Å². The van der Waals surface area contributed by atoms with Crippen LogP contribution in [0.1, 0.15) is 17.3 Å². The van der Waals surface area contributed by atoms with Crippen LogP contribution in [0.2, 0.25) is 0 Å². The normalized spacial score (nSPS) is 18.1. The van der Waals surface area contributed by atoms with Gasteiger partial charge in [-0.2, -0.15) is 0 Å². The molecule has 3 nitrogen and oxygen atoms in total. The quantitative estimate of drug-likeness (QED) is 0.782. The van der Waals surface area contributed by atoms with Crippen LogP contribution in [-0.4, -0.2) is 34.6 Å². The van der Waals surface area contributed by atoms with Gasteiger partial charge >= 0.3 is 0 Å². The van der Waals surface area contributed by atoms with Crippen molar-refractivity contribution >= 4 is 5.91 Å². The molecule has 0 atom stereocenters. The third-order valence-electron chi connectivity index (χ3n) is 2.53. The predicted molar refractivity (Wildman–Crippen MR) is 52.9 cm³/mol. The number of hydrogen-bond acceptors (Lipinski definition) is 2. The number of β-amino-alcohol motifs (C(OH)–C–C–N with tert-alkyl or cyclic N) is 1. The first-order valence-electron chi connectivity index (χ1n) is 4.86. The summed E-state index contributed by atoms with van der Waals surface area (Å²) < 4.78 is 26.2. The number of aliphatic hydroxyl groups is 1. The summed E-state index contributed by atoms with van der Waals surface area (Å²) in [5.41, 5.74) is -1.21. The second kappa shape index (κ2) is 3.52. The molecule has 1 aromatic rings. The fourth-order valence-corrected chi connectivity index (χ4v) is 1.76. The van der Waals surface area contributed by atoms with Crippen LogP contribution in [0.4, 0.5) is 8.78 Å². The Balaban J connectivity index is 2.20. The minimum Gasteiger partial charge on any atom is -0.386 e. The van der Waals surface area contributed by atoms with Gasteiger partial charge in [-0.3, -0.25) is 4.79 Å². The number of halogens is 2. The second-order valence-electron chi connectivity index (χ2n) is 4.26. The van der Waals surface area contributed by atoms with E-state index in [0.29, 0.717) is 0 Å². The summed E-state index contributed by atoms with van der Waals surface area (Å²) in [6.07, 6.45) is 0. The lowest BCUT2D eigenvalue weighted by Gasteiger charge is -2.44. The van der Waals surface area contributed by atoms with E-state index >= 15 is 0 Å². The van der Waals surface area contributed by atoms with E-state index in [-0.39, 0.29) is 18.7 Å². The zero-order valence-corrected chi connectivity index (χ0v) is 8.70. The van der Waals surface area contributed by atoms with Gasteiger partial charge in [0, 0.05) is 0 Å². The molecule has 0 radical (unpaired) electrons. The van der Waals surface area contributed by atoms with E-state index in [4.69, 9.17) is 0 Å². The summed E-state index contributed by atoms with van der Waals surface area (Å²) in [7, 11) is 0. The molecule has 2 rings (SSSR count). The first kappa shape index (κ1) is 11.0. The highest BCUT2D eigenvalue weighted by atomic mass is 19.2. The highest BCUT2D eigenvalue weighted by Crippen LogP contribution is 2.23. The first-order chi connectivity index (χ1) is 7.41. The molecular weight excluding hydrogens is 216 g/mol. The van der Waals surface area contributed by atoms with E-state index in [1.54, 1.807) is 6.92 Å². The number of amides is 1. The molecule has 1 N–H and O–H groups in total. The maximum atomic E-state index is 13.3. The molecule has 0 spiro atoms. The first-order valence-corrected chi connectivity index (χ1v) is 4.86. The third kappa shape index (κ3) is 1.78. The Bertz CT molecular complexity index is 438. The van der Waals surface area contributed by atoms with Gasteiger partial charge in [0.2, 0.25) is 0 Å². The Morgan fingerprint density at radius 3 is 2.62 bits per heavy atom. The van der Waals surface area contributed by atoms with Gasteiger partial charge in [0.15, 0.2) is 11.6 Å². The van der Waals surface area contributed by atoms with Crippen molar-refractivity contribution in [1.29, 1.82) is 0 Å². The average Bonchev–Trinajstić information content (AvgIpc) is 2.17. The van der Waals surface area contributed by atoms with Gasteiger partial charge in [-0.1, -0.05) is 6.07 Å². The summed E-state index contributed by atoms with van der Waals surface area (Å²) in [5.74, 6) is -2.78. The smallest absolute Gasteiger partial charge is 0.257 e. The van der Waals surface area contributed by atoms with Gasteiger partial charge in [0.05, 0.1) is 24.3 Å². The van der Waals surface area contributed by atoms with E-state index in [2.05, 4.69) is 0 Å². The number of carbonyl (C=O) groups excluding carboxylic acids is 1.